The van der Waals surface area contributed by atoms with Gasteiger partial charge < -0.3 is 4.90 Å². The quantitative estimate of drug-likeness (QED) is 0.414. The fraction of sp³-hybridized carbons (Fsp3) is 0.750. The van der Waals surface area contributed by atoms with Crippen LogP contribution in [0.2, 0.25) is 0 Å². The molecular formula is C12H22BrNO. The SMILES string of the molecule is C=CCN(C(=O)CCCCBr)C(C)(C)C. The van der Waals surface area contributed by atoms with Crippen LogP contribution in [0.3, 0.4) is 0 Å². The summed E-state index contributed by atoms with van der Waals surface area (Å²) in [6.07, 6.45) is 4.43. The van der Waals surface area contributed by atoms with Gasteiger partial charge in [-0.25, -0.2) is 0 Å². The van der Waals surface area contributed by atoms with Gasteiger partial charge in [0.25, 0.3) is 0 Å². The molecule has 0 heterocycles. The van der Waals surface area contributed by atoms with E-state index in [-0.39, 0.29) is 11.4 Å². The van der Waals surface area contributed by atoms with Gasteiger partial charge in [-0.1, -0.05) is 22.0 Å². The molecule has 0 aliphatic carbocycles. The molecule has 15 heavy (non-hydrogen) atoms. The molecule has 0 N–H and O–H groups in total. The minimum Gasteiger partial charge on any atom is -0.334 e. The first kappa shape index (κ1) is 14.7. The zero-order chi connectivity index (χ0) is 11.9. The van der Waals surface area contributed by atoms with Gasteiger partial charge in [-0.05, 0) is 33.6 Å². The van der Waals surface area contributed by atoms with Crippen LogP contribution < -0.4 is 0 Å². The minimum atomic E-state index is -0.111. The van der Waals surface area contributed by atoms with Crippen LogP contribution >= 0.6 is 15.9 Å². The molecule has 2 nitrogen and oxygen atoms in total. The van der Waals surface area contributed by atoms with Crippen molar-refractivity contribution in [3.63, 3.8) is 0 Å². The summed E-state index contributed by atoms with van der Waals surface area (Å²) >= 11 is 3.37. The van der Waals surface area contributed by atoms with Crippen molar-refractivity contribution in [1.82, 2.24) is 4.90 Å². The number of hydrogen-bond donors (Lipinski definition) is 0. The molecule has 0 unspecified atom stereocenters. The highest BCUT2D eigenvalue weighted by Crippen LogP contribution is 2.15. The lowest BCUT2D eigenvalue weighted by atomic mass is 10.0. The van der Waals surface area contributed by atoms with Crippen molar-refractivity contribution in [2.24, 2.45) is 0 Å². The Morgan fingerprint density at radius 3 is 2.40 bits per heavy atom. The van der Waals surface area contributed by atoms with E-state index in [0.717, 1.165) is 18.2 Å². The highest BCUT2D eigenvalue weighted by atomic mass is 79.9. The molecule has 1 amide bonds. The summed E-state index contributed by atoms with van der Waals surface area (Å²) in [6.45, 7) is 10.5. The maximum Gasteiger partial charge on any atom is 0.223 e. The number of halogens is 1. The van der Waals surface area contributed by atoms with Gasteiger partial charge >= 0.3 is 0 Å². The first-order valence-electron chi connectivity index (χ1n) is 5.40. The third kappa shape index (κ3) is 5.98. The molecule has 0 fully saturated rings. The maximum absolute atomic E-state index is 11.9. The lowest BCUT2D eigenvalue weighted by Crippen LogP contribution is -2.45. The number of unbranched alkanes of at least 4 members (excludes halogenated alkanes) is 1. The Hall–Kier alpha value is -0.310. The molecule has 0 radical (unpaired) electrons. The highest BCUT2D eigenvalue weighted by molar-refractivity contribution is 9.09. The molecule has 0 aromatic rings. The van der Waals surface area contributed by atoms with Gasteiger partial charge in [0, 0.05) is 23.8 Å². The van der Waals surface area contributed by atoms with Gasteiger partial charge in [0.05, 0.1) is 0 Å². The van der Waals surface area contributed by atoms with Gasteiger partial charge in [0.15, 0.2) is 0 Å². The summed E-state index contributed by atoms with van der Waals surface area (Å²) in [4.78, 5) is 13.8. The smallest absolute Gasteiger partial charge is 0.223 e. The van der Waals surface area contributed by atoms with Crippen LogP contribution in [-0.4, -0.2) is 28.2 Å². The van der Waals surface area contributed by atoms with Crippen molar-refractivity contribution in [2.45, 2.75) is 45.6 Å². The number of amides is 1. The molecule has 0 aliphatic heterocycles. The second kappa shape index (κ2) is 7.04. The largest absolute Gasteiger partial charge is 0.334 e. The normalized spacial score (nSPS) is 11.2. The van der Waals surface area contributed by atoms with Gasteiger partial charge in [0.2, 0.25) is 5.91 Å². The number of hydrogen-bond acceptors (Lipinski definition) is 1. The van der Waals surface area contributed by atoms with Crippen LogP contribution in [0.4, 0.5) is 0 Å². The van der Waals surface area contributed by atoms with Crippen molar-refractivity contribution in [2.75, 3.05) is 11.9 Å². The molecule has 0 rings (SSSR count). The van der Waals surface area contributed by atoms with E-state index in [0.29, 0.717) is 13.0 Å². The Morgan fingerprint density at radius 2 is 2.00 bits per heavy atom. The summed E-state index contributed by atoms with van der Waals surface area (Å²) < 4.78 is 0. The minimum absolute atomic E-state index is 0.111. The van der Waals surface area contributed by atoms with Crippen molar-refractivity contribution in [3.05, 3.63) is 12.7 Å². The highest BCUT2D eigenvalue weighted by Gasteiger charge is 2.24. The molecule has 88 valence electrons. The predicted molar refractivity (Wildman–Crippen MR) is 69.3 cm³/mol. The van der Waals surface area contributed by atoms with Gasteiger partial charge in [-0.15, -0.1) is 6.58 Å². The Labute approximate surface area is 102 Å². The van der Waals surface area contributed by atoms with E-state index in [1.807, 2.05) is 4.90 Å². The number of alkyl halides is 1. The zero-order valence-electron chi connectivity index (χ0n) is 10.1. The van der Waals surface area contributed by atoms with Crippen LogP contribution in [0.25, 0.3) is 0 Å². The van der Waals surface area contributed by atoms with Crippen LogP contribution in [-0.2, 0) is 4.79 Å². The van der Waals surface area contributed by atoms with E-state index in [1.54, 1.807) is 6.08 Å². The van der Waals surface area contributed by atoms with Crippen molar-refractivity contribution < 1.29 is 4.79 Å². The second-order valence-corrected chi connectivity index (χ2v) is 5.40. The molecule has 0 saturated carbocycles. The summed E-state index contributed by atoms with van der Waals surface area (Å²) in [7, 11) is 0. The number of carbonyl (C=O) groups excluding carboxylic acids is 1. The molecule has 3 heteroatoms. The van der Waals surface area contributed by atoms with Gasteiger partial charge in [0.1, 0.15) is 0 Å². The molecule has 0 aliphatic rings. The number of rotatable bonds is 6. The van der Waals surface area contributed by atoms with E-state index >= 15 is 0 Å². The third-order valence-corrected chi connectivity index (χ3v) is 2.76. The maximum atomic E-state index is 11.9. The van der Waals surface area contributed by atoms with E-state index in [4.69, 9.17) is 0 Å². The Kier molecular flexibility index (Phi) is 6.90. The van der Waals surface area contributed by atoms with Gasteiger partial charge in [-0.2, -0.15) is 0 Å². The first-order chi connectivity index (χ1) is 6.93. The molecule has 0 bridgehead atoms. The average molecular weight is 276 g/mol. The average Bonchev–Trinajstić information content (AvgIpc) is 2.12. The van der Waals surface area contributed by atoms with Crippen LogP contribution in [0, 0.1) is 0 Å². The Balaban J connectivity index is 4.23. The number of carbonyl (C=O) groups is 1. The zero-order valence-corrected chi connectivity index (χ0v) is 11.6. The lowest BCUT2D eigenvalue weighted by Gasteiger charge is -2.35. The van der Waals surface area contributed by atoms with Crippen LogP contribution in [0.15, 0.2) is 12.7 Å². The van der Waals surface area contributed by atoms with Crippen molar-refractivity contribution >= 4 is 21.8 Å². The van der Waals surface area contributed by atoms with E-state index in [2.05, 4.69) is 43.3 Å². The summed E-state index contributed by atoms with van der Waals surface area (Å²) in [5.41, 5.74) is -0.111. The second-order valence-electron chi connectivity index (χ2n) is 4.61. The predicted octanol–water partition coefficient (Wildman–Crippen LogP) is 3.36. The number of nitrogens with zero attached hydrogens (tertiary/aromatic N) is 1. The summed E-state index contributed by atoms with van der Waals surface area (Å²) in [5.74, 6) is 0.225. The topological polar surface area (TPSA) is 20.3 Å². The molecule has 0 atom stereocenters. The van der Waals surface area contributed by atoms with Crippen LogP contribution in [0.5, 0.6) is 0 Å². The summed E-state index contributed by atoms with van der Waals surface area (Å²) in [6, 6.07) is 0. The fourth-order valence-corrected chi connectivity index (χ4v) is 1.78. The monoisotopic (exact) mass is 275 g/mol. The van der Waals surface area contributed by atoms with Crippen LogP contribution in [0.1, 0.15) is 40.0 Å². The summed E-state index contributed by atoms with van der Waals surface area (Å²) in [5, 5.41) is 0.970. The standard InChI is InChI=1S/C12H22BrNO/c1-5-10-14(12(2,3)4)11(15)8-6-7-9-13/h5H,1,6-10H2,2-4H3. The van der Waals surface area contributed by atoms with Gasteiger partial charge in [-0.3, -0.25) is 4.79 Å². The molecule has 0 spiro atoms. The molecule has 0 aromatic carbocycles. The third-order valence-electron chi connectivity index (χ3n) is 2.20. The lowest BCUT2D eigenvalue weighted by molar-refractivity contribution is -0.135. The van der Waals surface area contributed by atoms with Crippen molar-refractivity contribution in [1.29, 1.82) is 0 Å². The van der Waals surface area contributed by atoms with E-state index in [1.165, 1.54) is 0 Å². The van der Waals surface area contributed by atoms with E-state index in [9.17, 15) is 4.79 Å². The molecule has 0 aromatic heterocycles. The fourth-order valence-electron chi connectivity index (χ4n) is 1.38. The van der Waals surface area contributed by atoms with E-state index < -0.39 is 0 Å². The molecular weight excluding hydrogens is 254 g/mol. The Morgan fingerprint density at radius 1 is 1.40 bits per heavy atom. The van der Waals surface area contributed by atoms with Crippen molar-refractivity contribution in [3.8, 4) is 0 Å². The first-order valence-corrected chi connectivity index (χ1v) is 6.53. The Bertz CT molecular complexity index is 208. The molecule has 0 saturated heterocycles.